The van der Waals surface area contributed by atoms with E-state index in [9.17, 15) is 10.2 Å². The molecule has 0 bridgehead atoms. The Bertz CT molecular complexity index is 214. The standard InChI is InChI=1S/C20H42O2/c1-3-5-6-7-8-9-10-11-12-13-14-15-16-17-19-20(21,22)18-4-2/h21-22H,3-19H2,1-2H3. The highest BCUT2D eigenvalue weighted by molar-refractivity contribution is 4.63. The van der Waals surface area contributed by atoms with Gasteiger partial charge in [-0.3, -0.25) is 0 Å². The summed E-state index contributed by atoms with van der Waals surface area (Å²) < 4.78 is 0. The van der Waals surface area contributed by atoms with Gasteiger partial charge in [0, 0.05) is 12.8 Å². The van der Waals surface area contributed by atoms with E-state index >= 15 is 0 Å². The Morgan fingerprint density at radius 1 is 0.455 bits per heavy atom. The monoisotopic (exact) mass is 314 g/mol. The Morgan fingerprint density at radius 2 is 0.818 bits per heavy atom. The normalized spacial score (nSPS) is 12.0. The molecule has 0 fully saturated rings. The lowest BCUT2D eigenvalue weighted by molar-refractivity contribution is -0.171. The van der Waals surface area contributed by atoms with Crippen LogP contribution in [-0.4, -0.2) is 16.0 Å². The van der Waals surface area contributed by atoms with Gasteiger partial charge >= 0.3 is 0 Å². The first-order valence-electron chi connectivity index (χ1n) is 10.1. The van der Waals surface area contributed by atoms with Crippen molar-refractivity contribution in [2.75, 3.05) is 0 Å². The maximum absolute atomic E-state index is 9.66. The predicted octanol–water partition coefficient (Wildman–Crippen LogP) is 6.34. The van der Waals surface area contributed by atoms with Gasteiger partial charge in [0.25, 0.3) is 0 Å². The maximum atomic E-state index is 9.66. The molecule has 0 radical (unpaired) electrons. The average Bonchev–Trinajstić information content (AvgIpc) is 2.47. The van der Waals surface area contributed by atoms with E-state index < -0.39 is 5.79 Å². The Kier molecular flexibility index (Phi) is 15.7. The molecule has 0 heterocycles. The van der Waals surface area contributed by atoms with Crippen molar-refractivity contribution in [2.24, 2.45) is 0 Å². The van der Waals surface area contributed by atoms with Gasteiger partial charge in [0.2, 0.25) is 0 Å². The summed E-state index contributed by atoms with van der Waals surface area (Å²) in [5.41, 5.74) is 0. The first-order chi connectivity index (χ1) is 10.6. The molecule has 0 aromatic rings. The Morgan fingerprint density at radius 3 is 1.18 bits per heavy atom. The Labute approximate surface area is 139 Å². The van der Waals surface area contributed by atoms with E-state index in [4.69, 9.17) is 0 Å². The van der Waals surface area contributed by atoms with E-state index in [1.54, 1.807) is 0 Å². The SMILES string of the molecule is CCCCCCCCCCCCCCCCC(O)(O)CCC. The van der Waals surface area contributed by atoms with E-state index in [0.717, 1.165) is 19.3 Å². The zero-order valence-corrected chi connectivity index (χ0v) is 15.4. The summed E-state index contributed by atoms with van der Waals surface area (Å²) in [7, 11) is 0. The van der Waals surface area contributed by atoms with Crippen LogP contribution in [0.1, 0.15) is 123 Å². The van der Waals surface area contributed by atoms with Crippen LogP contribution < -0.4 is 0 Å². The molecule has 134 valence electrons. The first kappa shape index (κ1) is 21.9. The van der Waals surface area contributed by atoms with Crippen LogP contribution >= 0.6 is 0 Å². The third kappa shape index (κ3) is 16.3. The van der Waals surface area contributed by atoms with Gasteiger partial charge in [-0.15, -0.1) is 0 Å². The minimum atomic E-state index is -1.41. The molecule has 0 amide bonds. The van der Waals surface area contributed by atoms with Gasteiger partial charge in [0.15, 0.2) is 5.79 Å². The van der Waals surface area contributed by atoms with Crippen molar-refractivity contribution in [3.05, 3.63) is 0 Å². The molecular formula is C20H42O2. The van der Waals surface area contributed by atoms with Crippen LogP contribution in [0.3, 0.4) is 0 Å². The number of hydrogen-bond acceptors (Lipinski definition) is 2. The Balaban J connectivity index is 3.11. The molecule has 0 aliphatic heterocycles. The number of unbranched alkanes of at least 4 members (excludes halogenated alkanes) is 13. The van der Waals surface area contributed by atoms with Crippen molar-refractivity contribution in [1.29, 1.82) is 0 Å². The molecule has 0 spiro atoms. The molecule has 0 aromatic heterocycles. The second-order valence-electron chi connectivity index (χ2n) is 7.08. The zero-order valence-electron chi connectivity index (χ0n) is 15.4. The lowest BCUT2D eigenvalue weighted by atomic mass is 10.0. The molecule has 0 saturated carbocycles. The van der Waals surface area contributed by atoms with E-state index in [-0.39, 0.29) is 0 Å². The summed E-state index contributed by atoms with van der Waals surface area (Å²) in [4.78, 5) is 0. The molecule has 0 aromatic carbocycles. The summed E-state index contributed by atoms with van der Waals surface area (Å²) in [5.74, 6) is -1.41. The van der Waals surface area contributed by atoms with Crippen LogP contribution in [0.2, 0.25) is 0 Å². The molecule has 0 unspecified atom stereocenters. The van der Waals surface area contributed by atoms with E-state index in [2.05, 4.69) is 6.92 Å². The topological polar surface area (TPSA) is 40.5 Å². The fraction of sp³-hybridized carbons (Fsp3) is 1.00. The van der Waals surface area contributed by atoms with Gasteiger partial charge < -0.3 is 10.2 Å². The van der Waals surface area contributed by atoms with Crippen molar-refractivity contribution in [3.8, 4) is 0 Å². The highest BCUT2D eigenvalue weighted by Crippen LogP contribution is 2.19. The van der Waals surface area contributed by atoms with Gasteiger partial charge in [-0.2, -0.15) is 0 Å². The van der Waals surface area contributed by atoms with Crippen molar-refractivity contribution in [1.82, 2.24) is 0 Å². The molecule has 0 atom stereocenters. The molecule has 2 heteroatoms. The van der Waals surface area contributed by atoms with Crippen LogP contribution in [0.15, 0.2) is 0 Å². The number of hydrogen-bond donors (Lipinski definition) is 2. The van der Waals surface area contributed by atoms with Crippen LogP contribution in [-0.2, 0) is 0 Å². The molecule has 2 N–H and O–H groups in total. The second-order valence-corrected chi connectivity index (χ2v) is 7.08. The van der Waals surface area contributed by atoms with Crippen molar-refractivity contribution < 1.29 is 10.2 Å². The lowest BCUT2D eigenvalue weighted by Crippen LogP contribution is -2.27. The lowest BCUT2D eigenvalue weighted by Gasteiger charge is -2.20. The van der Waals surface area contributed by atoms with Gasteiger partial charge in [-0.1, -0.05) is 104 Å². The molecule has 22 heavy (non-hydrogen) atoms. The Hall–Kier alpha value is -0.0800. The van der Waals surface area contributed by atoms with Crippen LogP contribution in [0.4, 0.5) is 0 Å². The summed E-state index contributed by atoms with van der Waals surface area (Å²) in [6.45, 7) is 4.27. The first-order valence-corrected chi connectivity index (χ1v) is 10.1. The van der Waals surface area contributed by atoms with Gasteiger partial charge in [0.1, 0.15) is 0 Å². The quantitative estimate of drug-likeness (QED) is 0.243. The van der Waals surface area contributed by atoms with Gasteiger partial charge in [0.05, 0.1) is 0 Å². The third-order valence-electron chi connectivity index (χ3n) is 4.58. The van der Waals surface area contributed by atoms with E-state index in [0.29, 0.717) is 12.8 Å². The largest absolute Gasteiger partial charge is 0.366 e. The van der Waals surface area contributed by atoms with Gasteiger partial charge in [-0.25, -0.2) is 0 Å². The molecule has 0 aliphatic rings. The zero-order chi connectivity index (χ0) is 16.5. The smallest absolute Gasteiger partial charge is 0.162 e. The minimum Gasteiger partial charge on any atom is -0.366 e. The van der Waals surface area contributed by atoms with Gasteiger partial charge in [-0.05, 0) is 6.42 Å². The summed E-state index contributed by atoms with van der Waals surface area (Å²) in [5, 5.41) is 19.3. The van der Waals surface area contributed by atoms with Crippen LogP contribution in [0.5, 0.6) is 0 Å². The molecule has 2 nitrogen and oxygen atoms in total. The molecule has 0 saturated heterocycles. The third-order valence-corrected chi connectivity index (χ3v) is 4.58. The minimum absolute atomic E-state index is 0.505. The van der Waals surface area contributed by atoms with Crippen LogP contribution in [0.25, 0.3) is 0 Å². The highest BCUT2D eigenvalue weighted by atomic mass is 16.5. The predicted molar refractivity (Wildman–Crippen MR) is 97.0 cm³/mol. The maximum Gasteiger partial charge on any atom is 0.162 e. The molecule has 0 rings (SSSR count). The van der Waals surface area contributed by atoms with Crippen LogP contribution in [0, 0.1) is 0 Å². The number of aliphatic hydroxyl groups is 2. The molecule has 0 aliphatic carbocycles. The fourth-order valence-corrected chi connectivity index (χ4v) is 3.13. The molecular weight excluding hydrogens is 272 g/mol. The van der Waals surface area contributed by atoms with Crippen molar-refractivity contribution in [2.45, 2.75) is 129 Å². The summed E-state index contributed by atoms with van der Waals surface area (Å²) >= 11 is 0. The van der Waals surface area contributed by atoms with Crippen molar-refractivity contribution >= 4 is 0 Å². The summed E-state index contributed by atoms with van der Waals surface area (Å²) in [6, 6.07) is 0. The summed E-state index contributed by atoms with van der Waals surface area (Å²) in [6.07, 6.45) is 20.6. The average molecular weight is 315 g/mol. The van der Waals surface area contributed by atoms with E-state index in [1.807, 2.05) is 6.92 Å². The van der Waals surface area contributed by atoms with Crippen molar-refractivity contribution in [3.63, 3.8) is 0 Å². The number of rotatable bonds is 17. The van der Waals surface area contributed by atoms with E-state index in [1.165, 1.54) is 77.0 Å². The fourth-order valence-electron chi connectivity index (χ4n) is 3.13. The second kappa shape index (κ2) is 15.8. The highest BCUT2D eigenvalue weighted by Gasteiger charge is 2.20.